The molecule has 0 bridgehead atoms. The maximum atomic E-state index is 10.1. The van der Waals surface area contributed by atoms with Crippen LogP contribution in [0.1, 0.15) is 37.7 Å². The second-order valence-corrected chi connectivity index (χ2v) is 6.14. The number of aliphatic hydroxyl groups excluding tert-OH is 1. The molecule has 98 valence electrons. The Kier molecular flexibility index (Phi) is 3.03. The van der Waals surface area contributed by atoms with Crippen LogP contribution in [0, 0.1) is 12.3 Å². The molecule has 1 N–H and O–H groups in total. The fourth-order valence-electron chi connectivity index (χ4n) is 3.43. The number of ether oxygens (including phenoxy) is 1. The fraction of sp³-hybridized carbons (Fsp3) is 0.600. The summed E-state index contributed by atoms with van der Waals surface area (Å²) in [7, 11) is 0. The zero-order valence-electron chi connectivity index (χ0n) is 10.7. The zero-order chi connectivity index (χ0) is 12.8. The molecule has 2 saturated carbocycles. The number of aliphatic hydroxyl groups is 1. The highest BCUT2D eigenvalue weighted by molar-refractivity contribution is 6.30. The lowest BCUT2D eigenvalue weighted by molar-refractivity contribution is -0.152. The quantitative estimate of drug-likeness (QED) is 0.884. The van der Waals surface area contributed by atoms with Crippen molar-refractivity contribution in [3.8, 4) is 5.75 Å². The van der Waals surface area contributed by atoms with E-state index in [4.69, 9.17) is 16.3 Å². The normalized spacial score (nSPS) is 29.3. The van der Waals surface area contributed by atoms with Crippen molar-refractivity contribution in [2.24, 2.45) is 5.41 Å². The molecule has 1 aromatic carbocycles. The molecule has 3 heteroatoms. The number of halogens is 1. The van der Waals surface area contributed by atoms with Gasteiger partial charge in [0, 0.05) is 16.9 Å². The first-order valence-corrected chi connectivity index (χ1v) is 7.10. The van der Waals surface area contributed by atoms with Crippen LogP contribution in [0.2, 0.25) is 5.02 Å². The molecule has 0 heterocycles. The minimum absolute atomic E-state index is 0.0226. The van der Waals surface area contributed by atoms with Gasteiger partial charge in [0.1, 0.15) is 11.9 Å². The van der Waals surface area contributed by atoms with Crippen LogP contribution in [-0.2, 0) is 0 Å². The van der Waals surface area contributed by atoms with Crippen molar-refractivity contribution in [1.29, 1.82) is 0 Å². The summed E-state index contributed by atoms with van der Waals surface area (Å²) in [5, 5.41) is 10.8. The van der Waals surface area contributed by atoms with E-state index < -0.39 is 0 Å². The summed E-state index contributed by atoms with van der Waals surface area (Å²) in [5.74, 6) is 0.866. The molecule has 2 aliphatic carbocycles. The van der Waals surface area contributed by atoms with Gasteiger partial charge in [-0.25, -0.2) is 0 Å². The van der Waals surface area contributed by atoms with Gasteiger partial charge in [-0.15, -0.1) is 0 Å². The van der Waals surface area contributed by atoms with Gasteiger partial charge in [-0.05, 0) is 37.5 Å². The lowest BCUT2D eigenvalue weighted by Crippen LogP contribution is -2.58. The Labute approximate surface area is 113 Å². The van der Waals surface area contributed by atoms with Crippen LogP contribution in [0.3, 0.4) is 0 Å². The van der Waals surface area contributed by atoms with Crippen molar-refractivity contribution >= 4 is 11.6 Å². The molecule has 2 nitrogen and oxygen atoms in total. The van der Waals surface area contributed by atoms with Crippen LogP contribution >= 0.6 is 11.6 Å². The molecule has 0 aliphatic heterocycles. The van der Waals surface area contributed by atoms with Crippen LogP contribution in [0.4, 0.5) is 0 Å². The van der Waals surface area contributed by atoms with Crippen LogP contribution in [0.25, 0.3) is 0 Å². The van der Waals surface area contributed by atoms with E-state index in [1.54, 1.807) is 0 Å². The monoisotopic (exact) mass is 266 g/mol. The second kappa shape index (κ2) is 4.43. The third kappa shape index (κ3) is 1.83. The molecular weight excluding hydrogens is 248 g/mol. The van der Waals surface area contributed by atoms with E-state index in [1.807, 2.05) is 25.1 Å². The summed E-state index contributed by atoms with van der Waals surface area (Å²) in [6.07, 6.45) is 5.36. The number of aryl methyl sites for hydroxylation is 1. The van der Waals surface area contributed by atoms with Gasteiger partial charge in [-0.2, -0.15) is 0 Å². The predicted octanol–water partition coefficient (Wildman–Crippen LogP) is 3.72. The first-order valence-electron chi connectivity index (χ1n) is 6.73. The van der Waals surface area contributed by atoms with Crippen molar-refractivity contribution in [1.82, 2.24) is 0 Å². The largest absolute Gasteiger partial charge is 0.489 e. The molecular formula is C15H19ClO2. The van der Waals surface area contributed by atoms with Crippen molar-refractivity contribution in [2.45, 2.75) is 51.2 Å². The van der Waals surface area contributed by atoms with E-state index in [0.717, 1.165) is 30.6 Å². The average Bonchev–Trinajstić information content (AvgIpc) is 2.85. The summed E-state index contributed by atoms with van der Waals surface area (Å²) in [4.78, 5) is 0. The highest BCUT2D eigenvalue weighted by Crippen LogP contribution is 2.54. The van der Waals surface area contributed by atoms with E-state index in [9.17, 15) is 5.11 Å². The van der Waals surface area contributed by atoms with E-state index in [0.29, 0.717) is 5.02 Å². The van der Waals surface area contributed by atoms with E-state index in [1.165, 1.54) is 12.8 Å². The summed E-state index contributed by atoms with van der Waals surface area (Å²) < 4.78 is 6.13. The molecule has 3 rings (SSSR count). The Morgan fingerprint density at radius 1 is 1.33 bits per heavy atom. The average molecular weight is 267 g/mol. The highest BCUT2D eigenvalue weighted by Gasteiger charge is 2.57. The van der Waals surface area contributed by atoms with Crippen LogP contribution in [0.5, 0.6) is 5.75 Å². The molecule has 2 unspecified atom stereocenters. The van der Waals surface area contributed by atoms with E-state index in [-0.39, 0.29) is 17.6 Å². The Balaban J connectivity index is 1.79. The van der Waals surface area contributed by atoms with Crippen molar-refractivity contribution in [3.05, 3.63) is 28.8 Å². The lowest BCUT2D eigenvalue weighted by atomic mass is 9.62. The van der Waals surface area contributed by atoms with Gasteiger partial charge in [-0.1, -0.05) is 30.5 Å². The Morgan fingerprint density at radius 2 is 2.06 bits per heavy atom. The number of hydrogen-bond donors (Lipinski definition) is 1. The van der Waals surface area contributed by atoms with Gasteiger partial charge in [0.2, 0.25) is 0 Å². The molecule has 2 atom stereocenters. The fourth-order valence-corrected chi connectivity index (χ4v) is 3.60. The third-order valence-electron chi connectivity index (χ3n) is 4.70. The second-order valence-electron chi connectivity index (χ2n) is 5.71. The Morgan fingerprint density at radius 3 is 2.72 bits per heavy atom. The Hall–Kier alpha value is -0.730. The lowest BCUT2D eigenvalue weighted by Gasteiger charge is -2.51. The van der Waals surface area contributed by atoms with Crippen molar-refractivity contribution in [3.63, 3.8) is 0 Å². The summed E-state index contributed by atoms with van der Waals surface area (Å²) in [5.41, 5.74) is 1.13. The smallest absolute Gasteiger partial charge is 0.124 e. The van der Waals surface area contributed by atoms with E-state index >= 15 is 0 Å². The van der Waals surface area contributed by atoms with Crippen molar-refractivity contribution in [2.75, 3.05) is 0 Å². The summed E-state index contributed by atoms with van der Waals surface area (Å²) in [6.45, 7) is 2.03. The zero-order valence-corrected chi connectivity index (χ0v) is 11.4. The summed E-state index contributed by atoms with van der Waals surface area (Å²) >= 11 is 6.01. The van der Waals surface area contributed by atoms with Gasteiger partial charge < -0.3 is 9.84 Å². The van der Waals surface area contributed by atoms with E-state index in [2.05, 4.69) is 0 Å². The van der Waals surface area contributed by atoms with Crippen LogP contribution in [-0.4, -0.2) is 17.3 Å². The first-order chi connectivity index (χ1) is 8.62. The first kappa shape index (κ1) is 12.3. The molecule has 2 aliphatic rings. The molecule has 1 spiro atoms. The minimum Gasteiger partial charge on any atom is -0.489 e. The van der Waals surface area contributed by atoms with Crippen molar-refractivity contribution < 1.29 is 9.84 Å². The number of rotatable bonds is 2. The SMILES string of the molecule is Cc1ccc(Cl)cc1OC1CC(O)C12CCCC2. The molecule has 0 radical (unpaired) electrons. The molecule has 1 aromatic rings. The maximum absolute atomic E-state index is 10.1. The number of benzene rings is 1. The van der Waals surface area contributed by atoms with Gasteiger partial charge in [0.25, 0.3) is 0 Å². The van der Waals surface area contributed by atoms with Gasteiger partial charge in [0.05, 0.1) is 6.10 Å². The Bertz CT molecular complexity index is 452. The van der Waals surface area contributed by atoms with Gasteiger partial charge >= 0.3 is 0 Å². The predicted molar refractivity (Wildman–Crippen MR) is 72.1 cm³/mol. The summed E-state index contributed by atoms with van der Waals surface area (Å²) in [6, 6.07) is 5.74. The third-order valence-corrected chi connectivity index (χ3v) is 4.93. The van der Waals surface area contributed by atoms with Crippen LogP contribution < -0.4 is 4.74 Å². The number of hydrogen-bond acceptors (Lipinski definition) is 2. The molecule has 0 amide bonds. The molecule has 0 saturated heterocycles. The standard InChI is InChI=1S/C15H19ClO2/c1-10-4-5-11(16)8-12(10)18-14-9-13(17)15(14)6-2-3-7-15/h4-5,8,13-14,17H,2-3,6-7,9H2,1H3. The minimum atomic E-state index is -0.176. The maximum Gasteiger partial charge on any atom is 0.124 e. The molecule has 0 aromatic heterocycles. The van der Waals surface area contributed by atoms with Gasteiger partial charge in [-0.3, -0.25) is 0 Å². The van der Waals surface area contributed by atoms with Gasteiger partial charge in [0.15, 0.2) is 0 Å². The molecule has 18 heavy (non-hydrogen) atoms. The highest BCUT2D eigenvalue weighted by atomic mass is 35.5. The molecule has 2 fully saturated rings. The topological polar surface area (TPSA) is 29.5 Å². The van der Waals surface area contributed by atoms with Crippen LogP contribution in [0.15, 0.2) is 18.2 Å².